The van der Waals surface area contributed by atoms with E-state index in [0.29, 0.717) is 4.62 Å². The highest BCUT2D eigenvalue weighted by atomic mass is 32.1. The molecule has 0 amide bonds. The zero-order valence-corrected chi connectivity index (χ0v) is 9.69. The Morgan fingerprint density at radius 1 is 1.43 bits per heavy atom. The molecule has 0 atom stereocenters. The maximum absolute atomic E-state index is 12.0. The van der Waals surface area contributed by atoms with E-state index in [-0.39, 0.29) is 18.1 Å². The van der Waals surface area contributed by atoms with Gasteiger partial charge in [-0.15, -0.1) is 0 Å². The van der Waals surface area contributed by atoms with Crippen molar-refractivity contribution >= 4 is 23.6 Å². The molecule has 14 heavy (non-hydrogen) atoms. The molecule has 1 rings (SSSR count). The van der Waals surface area contributed by atoms with Crippen molar-refractivity contribution in [3.63, 3.8) is 0 Å². The SMILES string of the molecule is CCOP(=O)(OCC)c1c[nH]c(=O)s1. The highest BCUT2D eigenvalue weighted by Gasteiger charge is 2.28. The molecule has 80 valence electrons. The molecule has 0 aliphatic heterocycles. The van der Waals surface area contributed by atoms with Crippen molar-refractivity contribution in [1.29, 1.82) is 0 Å². The van der Waals surface area contributed by atoms with E-state index in [1.165, 1.54) is 6.20 Å². The van der Waals surface area contributed by atoms with Crippen molar-refractivity contribution in [3.05, 3.63) is 15.9 Å². The lowest BCUT2D eigenvalue weighted by Crippen LogP contribution is -2.07. The fourth-order valence-corrected chi connectivity index (χ4v) is 3.58. The molecule has 1 aromatic heterocycles. The Morgan fingerprint density at radius 3 is 2.36 bits per heavy atom. The summed E-state index contributed by atoms with van der Waals surface area (Å²) >= 11 is 0.850. The first-order valence-electron chi connectivity index (χ1n) is 4.20. The Kier molecular flexibility index (Phi) is 4.07. The summed E-state index contributed by atoms with van der Waals surface area (Å²) in [7, 11) is -3.26. The Bertz CT molecular complexity index is 375. The summed E-state index contributed by atoms with van der Waals surface area (Å²) in [5.74, 6) is 0. The highest BCUT2D eigenvalue weighted by Crippen LogP contribution is 2.47. The number of hydrogen-bond acceptors (Lipinski definition) is 5. The normalized spacial score (nSPS) is 11.9. The van der Waals surface area contributed by atoms with E-state index in [9.17, 15) is 9.36 Å². The summed E-state index contributed by atoms with van der Waals surface area (Å²) in [6.07, 6.45) is 1.37. The second-order valence-electron chi connectivity index (χ2n) is 2.35. The summed E-state index contributed by atoms with van der Waals surface area (Å²) < 4.78 is 22.5. The van der Waals surface area contributed by atoms with Gasteiger partial charge in [0, 0.05) is 6.20 Å². The van der Waals surface area contributed by atoms with Crippen molar-refractivity contribution in [2.45, 2.75) is 13.8 Å². The van der Waals surface area contributed by atoms with Gasteiger partial charge < -0.3 is 14.0 Å². The topological polar surface area (TPSA) is 68.4 Å². The van der Waals surface area contributed by atoms with Crippen LogP contribution in [0, 0.1) is 0 Å². The fourth-order valence-electron chi connectivity index (χ4n) is 0.914. The second kappa shape index (κ2) is 4.89. The molecule has 1 N–H and O–H groups in total. The minimum atomic E-state index is -3.26. The number of nitrogens with one attached hydrogen (secondary N) is 1. The summed E-state index contributed by atoms with van der Waals surface area (Å²) in [6, 6.07) is 0. The monoisotopic (exact) mass is 237 g/mol. The van der Waals surface area contributed by atoms with Gasteiger partial charge in [-0.2, -0.15) is 0 Å². The molecule has 0 saturated carbocycles. The van der Waals surface area contributed by atoms with Crippen molar-refractivity contribution in [2.24, 2.45) is 0 Å². The first-order chi connectivity index (χ1) is 6.62. The predicted octanol–water partition coefficient (Wildman–Crippen LogP) is 1.33. The van der Waals surface area contributed by atoms with Crippen LogP contribution in [0.3, 0.4) is 0 Å². The van der Waals surface area contributed by atoms with Crippen LogP contribution in [-0.2, 0) is 13.6 Å². The van der Waals surface area contributed by atoms with Gasteiger partial charge >= 0.3 is 12.5 Å². The van der Waals surface area contributed by atoms with E-state index < -0.39 is 7.60 Å². The van der Waals surface area contributed by atoms with Crippen LogP contribution in [0.15, 0.2) is 11.0 Å². The molecule has 0 unspecified atom stereocenters. The van der Waals surface area contributed by atoms with E-state index in [4.69, 9.17) is 9.05 Å². The van der Waals surface area contributed by atoms with Crippen LogP contribution in [0.4, 0.5) is 0 Å². The van der Waals surface area contributed by atoms with Gasteiger partial charge in [0.2, 0.25) is 0 Å². The molecular formula is C7H12NO4PS. The van der Waals surface area contributed by atoms with Crippen LogP contribution in [0.1, 0.15) is 13.8 Å². The van der Waals surface area contributed by atoms with E-state index in [0.717, 1.165) is 11.3 Å². The predicted molar refractivity (Wildman–Crippen MR) is 55.4 cm³/mol. The molecule has 0 bridgehead atoms. The van der Waals surface area contributed by atoms with Crippen LogP contribution >= 0.6 is 18.9 Å². The maximum Gasteiger partial charge on any atom is 0.372 e. The number of rotatable bonds is 5. The maximum atomic E-state index is 12.0. The Balaban J connectivity index is 2.98. The Hall–Kier alpha value is -0.420. The van der Waals surface area contributed by atoms with Crippen molar-refractivity contribution in [2.75, 3.05) is 13.2 Å². The number of thiazole rings is 1. The Labute approximate surface area is 85.6 Å². The number of aromatic amines is 1. The number of hydrogen-bond donors (Lipinski definition) is 1. The minimum absolute atomic E-state index is 0.264. The number of H-pyrrole nitrogens is 1. The molecule has 0 spiro atoms. The van der Waals surface area contributed by atoms with Crippen LogP contribution in [0.5, 0.6) is 0 Å². The molecule has 0 aromatic carbocycles. The van der Waals surface area contributed by atoms with Crippen LogP contribution in [0.25, 0.3) is 0 Å². The average molecular weight is 237 g/mol. The molecular weight excluding hydrogens is 225 g/mol. The van der Waals surface area contributed by atoms with E-state index in [1.54, 1.807) is 13.8 Å². The standard InChI is InChI=1S/C7H12NO4PS/c1-3-11-13(10,12-4-2)6-5-8-7(9)14-6/h5H,3-4H2,1-2H3,(H,8,9). The summed E-state index contributed by atoms with van der Waals surface area (Å²) in [5.41, 5.74) is 0. The zero-order chi connectivity index (χ0) is 10.6. The third kappa shape index (κ3) is 2.54. The van der Waals surface area contributed by atoms with Gasteiger partial charge in [-0.05, 0) is 13.8 Å². The lowest BCUT2D eigenvalue weighted by molar-refractivity contribution is 0.230. The molecule has 0 aliphatic carbocycles. The second-order valence-corrected chi connectivity index (χ2v) is 5.66. The van der Waals surface area contributed by atoms with Crippen LogP contribution in [-0.4, -0.2) is 18.2 Å². The van der Waals surface area contributed by atoms with Crippen LogP contribution < -0.4 is 9.49 Å². The van der Waals surface area contributed by atoms with Gasteiger partial charge in [0.05, 0.1) is 13.2 Å². The largest absolute Gasteiger partial charge is 0.372 e. The van der Waals surface area contributed by atoms with Gasteiger partial charge in [0.15, 0.2) is 0 Å². The average Bonchev–Trinajstić information content (AvgIpc) is 2.53. The van der Waals surface area contributed by atoms with E-state index >= 15 is 0 Å². The van der Waals surface area contributed by atoms with Crippen molar-refractivity contribution in [1.82, 2.24) is 4.98 Å². The van der Waals surface area contributed by atoms with Crippen LogP contribution in [0.2, 0.25) is 0 Å². The minimum Gasteiger partial charge on any atom is -0.319 e. The fraction of sp³-hybridized carbons (Fsp3) is 0.571. The third-order valence-electron chi connectivity index (χ3n) is 1.38. The molecule has 1 aromatic rings. The first kappa shape index (κ1) is 11.7. The molecule has 0 aliphatic rings. The van der Waals surface area contributed by atoms with E-state index in [2.05, 4.69) is 4.98 Å². The first-order valence-corrected chi connectivity index (χ1v) is 6.56. The van der Waals surface area contributed by atoms with Crippen molar-refractivity contribution < 1.29 is 13.6 Å². The highest BCUT2D eigenvalue weighted by molar-refractivity contribution is 7.68. The zero-order valence-electron chi connectivity index (χ0n) is 7.98. The summed E-state index contributed by atoms with van der Waals surface area (Å²) in [6.45, 7) is 4.01. The molecule has 0 radical (unpaired) electrons. The lowest BCUT2D eigenvalue weighted by Gasteiger charge is -2.13. The molecule has 5 nitrogen and oxygen atoms in total. The van der Waals surface area contributed by atoms with Gasteiger partial charge in [-0.25, -0.2) is 0 Å². The third-order valence-corrected chi connectivity index (χ3v) is 4.82. The molecule has 0 saturated heterocycles. The molecule has 1 heterocycles. The number of aromatic nitrogens is 1. The van der Waals surface area contributed by atoms with E-state index in [1.807, 2.05) is 0 Å². The quantitative estimate of drug-likeness (QED) is 0.784. The summed E-state index contributed by atoms with van der Waals surface area (Å²) in [5, 5.41) is 0. The Morgan fingerprint density at radius 2 is 2.00 bits per heavy atom. The van der Waals surface area contributed by atoms with Gasteiger partial charge in [-0.3, -0.25) is 9.36 Å². The van der Waals surface area contributed by atoms with Gasteiger partial charge in [0.1, 0.15) is 4.62 Å². The van der Waals surface area contributed by atoms with Gasteiger partial charge in [-0.1, -0.05) is 11.3 Å². The molecule has 0 fully saturated rings. The molecule has 7 heteroatoms. The van der Waals surface area contributed by atoms with Crippen molar-refractivity contribution in [3.8, 4) is 0 Å². The summed E-state index contributed by atoms with van der Waals surface area (Å²) in [4.78, 5) is 13.0. The van der Waals surface area contributed by atoms with Gasteiger partial charge in [0.25, 0.3) is 0 Å². The lowest BCUT2D eigenvalue weighted by atomic mass is 10.9. The smallest absolute Gasteiger partial charge is 0.319 e.